The number of carbonyl (C=O) groups is 1. The molecule has 3 atom stereocenters. The van der Waals surface area contributed by atoms with Gasteiger partial charge in [-0.05, 0) is 36.3 Å². The molecule has 28 heavy (non-hydrogen) atoms. The molecule has 0 unspecified atom stereocenters. The lowest BCUT2D eigenvalue weighted by Crippen LogP contribution is -2.51. The summed E-state index contributed by atoms with van der Waals surface area (Å²) in [4.78, 5) is 22.6. The molecule has 4 rings (SSSR count). The first kappa shape index (κ1) is 18.9. The Morgan fingerprint density at radius 3 is 2.57 bits per heavy atom. The van der Waals surface area contributed by atoms with E-state index in [4.69, 9.17) is 4.98 Å². The highest BCUT2D eigenvalue weighted by molar-refractivity contribution is 5.98. The number of nitrogens with zero attached hydrogens (tertiary/aromatic N) is 2. The third-order valence-corrected chi connectivity index (χ3v) is 6.56. The van der Waals surface area contributed by atoms with E-state index < -0.39 is 5.41 Å². The zero-order valence-corrected chi connectivity index (χ0v) is 17.1. The normalized spacial score (nSPS) is 28.7. The minimum absolute atomic E-state index is 0.0626. The third-order valence-electron chi connectivity index (χ3n) is 6.56. The van der Waals surface area contributed by atoms with Gasteiger partial charge in [-0.25, -0.2) is 9.97 Å². The van der Waals surface area contributed by atoms with Crippen LogP contribution in [0.3, 0.4) is 0 Å². The number of fused-ring (bicyclic) bond motifs is 3. The SMILES string of the molecule is C[C@@H]1C(=O)C(=CO)C[C@]2(c3ccccc3)c3nc(C(C)(C)C)ncc3CC[C@@H]12. The van der Waals surface area contributed by atoms with E-state index >= 15 is 0 Å². The van der Waals surface area contributed by atoms with Gasteiger partial charge in [0.25, 0.3) is 0 Å². The van der Waals surface area contributed by atoms with Crippen molar-refractivity contribution in [1.82, 2.24) is 9.97 Å². The number of aryl methyl sites for hydroxylation is 1. The Labute approximate surface area is 166 Å². The maximum atomic E-state index is 12.9. The van der Waals surface area contributed by atoms with Gasteiger partial charge in [0.1, 0.15) is 5.82 Å². The van der Waals surface area contributed by atoms with Crippen LogP contribution in [0.15, 0.2) is 48.4 Å². The summed E-state index contributed by atoms with van der Waals surface area (Å²) in [6, 6.07) is 10.4. The van der Waals surface area contributed by atoms with Gasteiger partial charge in [0.2, 0.25) is 0 Å². The fraction of sp³-hybridized carbons (Fsp3) is 0.458. The number of hydrogen-bond donors (Lipinski definition) is 1. The molecule has 1 heterocycles. The van der Waals surface area contributed by atoms with Crippen molar-refractivity contribution >= 4 is 5.78 Å². The molecule has 0 radical (unpaired) electrons. The van der Waals surface area contributed by atoms with Crippen molar-refractivity contribution in [2.45, 2.75) is 57.8 Å². The summed E-state index contributed by atoms with van der Waals surface area (Å²) in [7, 11) is 0. The summed E-state index contributed by atoms with van der Waals surface area (Å²) in [6.45, 7) is 8.37. The predicted molar refractivity (Wildman–Crippen MR) is 109 cm³/mol. The molecule has 1 aromatic carbocycles. The van der Waals surface area contributed by atoms with Crippen molar-refractivity contribution in [2.75, 3.05) is 0 Å². The van der Waals surface area contributed by atoms with Crippen molar-refractivity contribution in [3.8, 4) is 0 Å². The van der Waals surface area contributed by atoms with Crippen molar-refractivity contribution < 1.29 is 9.90 Å². The first-order valence-corrected chi connectivity index (χ1v) is 10.1. The first-order chi connectivity index (χ1) is 13.3. The molecule has 0 bridgehead atoms. The number of aliphatic hydroxyl groups excluding tert-OH is 1. The third kappa shape index (κ3) is 2.69. The van der Waals surface area contributed by atoms with E-state index in [9.17, 15) is 9.90 Å². The molecule has 0 amide bonds. The second-order valence-corrected chi connectivity index (χ2v) is 9.28. The molecule has 0 spiro atoms. The van der Waals surface area contributed by atoms with E-state index in [0.717, 1.165) is 36.2 Å². The van der Waals surface area contributed by atoms with Crippen molar-refractivity contribution in [3.05, 3.63) is 71.0 Å². The van der Waals surface area contributed by atoms with Crippen LogP contribution in [0.2, 0.25) is 0 Å². The van der Waals surface area contributed by atoms with Gasteiger partial charge in [-0.3, -0.25) is 4.79 Å². The standard InChI is InChI=1S/C24H28N2O2/c1-15-19-11-10-16-13-25-22(23(2,3)4)26-21(16)24(19,12-17(14-27)20(15)28)18-8-6-5-7-9-18/h5-9,13-15,19,27H,10-12H2,1-4H3/t15-,19-,24+/m0/s1. The van der Waals surface area contributed by atoms with Crippen LogP contribution < -0.4 is 0 Å². The minimum Gasteiger partial charge on any atom is -0.515 e. The lowest BCUT2D eigenvalue weighted by atomic mass is 9.52. The van der Waals surface area contributed by atoms with Gasteiger partial charge in [-0.1, -0.05) is 58.0 Å². The molecule has 1 saturated carbocycles. The zero-order chi connectivity index (χ0) is 20.1. The smallest absolute Gasteiger partial charge is 0.165 e. The molecule has 1 aromatic heterocycles. The first-order valence-electron chi connectivity index (χ1n) is 10.1. The van der Waals surface area contributed by atoms with Gasteiger partial charge >= 0.3 is 0 Å². The predicted octanol–water partition coefficient (Wildman–Crippen LogP) is 4.67. The Hall–Kier alpha value is -2.49. The number of ketones is 1. The molecule has 4 heteroatoms. The maximum Gasteiger partial charge on any atom is 0.165 e. The van der Waals surface area contributed by atoms with Crippen LogP contribution in [0.4, 0.5) is 0 Å². The van der Waals surface area contributed by atoms with E-state index in [-0.39, 0.29) is 23.0 Å². The molecule has 1 fully saturated rings. The highest BCUT2D eigenvalue weighted by atomic mass is 16.2. The minimum atomic E-state index is -0.417. The van der Waals surface area contributed by atoms with E-state index in [1.54, 1.807) is 0 Å². The number of benzene rings is 1. The van der Waals surface area contributed by atoms with Crippen LogP contribution in [0.5, 0.6) is 0 Å². The van der Waals surface area contributed by atoms with Crippen molar-refractivity contribution in [3.63, 3.8) is 0 Å². The van der Waals surface area contributed by atoms with E-state index in [1.165, 1.54) is 5.56 Å². The summed E-state index contributed by atoms with van der Waals surface area (Å²) in [5, 5.41) is 9.85. The van der Waals surface area contributed by atoms with Gasteiger partial charge < -0.3 is 5.11 Å². The monoisotopic (exact) mass is 376 g/mol. The van der Waals surface area contributed by atoms with Crippen molar-refractivity contribution in [2.24, 2.45) is 11.8 Å². The number of hydrogen-bond acceptors (Lipinski definition) is 4. The van der Waals surface area contributed by atoms with Crippen LogP contribution >= 0.6 is 0 Å². The molecule has 0 saturated heterocycles. The summed E-state index contributed by atoms with van der Waals surface area (Å²) < 4.78 is 0. The highest BCUT2D eigenvalue weighted by Crippen LogP contribution is 2.55. The molecular formula is C24H28N2O2. The number of aromatic nitrogens is 2. The molecule has 1 N–H and O–H groups in total. The Balaban J connectivity index is 2.03. The van der Waals surface area contributed by atoms with Crippen LogP contribution in [0.1, 0.15) is 63.2 Å². The van der Waals surface area contributed by atoms with Gasteiger partial charge in [0, 0.05) is 28.5 Å². The van der Waals surface area contributed by atoms with E-state index in [0.29, 0.717) is 12.0 Å². The average Bonchev–Trinajstić information content (AvgIpc) is 2.70. The molecular weight excluding hydrogens is 348 g/mol. The zero-order valence-electron chi connectivity index (χ0n) is 17.1. The van der Waals surface area contributed by atoms with E-state index in [2.05, 4.69) is 37.9 Å². The number of allylic oxidation sites excluding steroid dienone is 1. The Kier molecular flexibility index (Phi) is 4.40. The molecule has 2 aliphatic carbocycles. The number of aliphatic hydroxyl groups is 1. The van der Waals surface area contributed by atoms with Crippen LogP contribution in [-0.4, -0.2) is 20.9 Å². The quantitative estimate of drug-likeness (QED) is 0.580. The van der Waals surface area contributed by atoms with Gasteiger partial charge in [0.05, 0.1) is 12.0 Å². The second-order valence-electron chi connectivity index (χ2n) is 9.28. The van der Waals surface area contributed by atoms with E-state index in [1.807, 2.05) is 31.3 Å². The Morgan fingerprint density at radius 1 is 1.21 bits per heavy atom. The van der Waals surface area contributed by atoms with Crippen LogP contribution in [-0.2, 0) is 22.0 Å². The fourth-order valence-corrected chi connectivity index (χ4v) is 5.12. The van der Waals surface area contributed by atoms with Gasteiger partial charge in [-0.2, -0.15) is 0 Å². The summed E-state index contributed by atoms with van der Waals surface area (Å²) >= 11 is 0. The second kappa shape index (κ2) is 6.54. The van der Waals surface area contributed by atoms with Crippen molar-refractivity contribution in [1.29, 1.82) is 0 Å². The largest absolute Gasteiger partial charge is 0.515 e. The Bertz CT molecular complexity index is 943. The number of carbonyl (C=O) groups excluding carboxylic acids is 1. The molecule has 2 aromatic rings. The number of Topliss-reactive ketones (excluding diaryl/α,β-unsaturated/α-hetero) is 1. The summed E-state index contributed by atoms with van der Waals surface area (Å²) in [5.74, 6) is 0.878. The molecule has 146 valence electrons. The topological polar surface area (TPSA) is 63.1 Å². The number of rotatable bonds is 1. The van der Waals surface area contributed by atoms with Crippen LogP contribution in [0.25, 0.3) is 0 Å². The molecule has 0 aliphatic heterocycles. The van der Waals surface area contributed by atoms with Gasteiger partial charge in [0.15, 0.2) is 5.78 Å². The maximum absolute atomic E-state index is 12.9. The highest BCUT2D eigenvalue weighted by Gasteiger charge is 2.54. The lowest BCUT2D eigenvalue weighted by Gasteiger charge is -2.50. The van der Waals surface area contributed by atoms with Crippen LogP contribution in [0, 0.1) is 11.8 Å². The Morgan fingerprint density at radius 2 is 1.93 bits per heavy atom. The molecule has 2 aliphatic rings. The molecule has 4 nitrogen and oxygen atoms in total. The van der Waals surface area contributed by atoms with Gasteiger partial charge in [-0.15, -0.1) is 0 Å². The average molecular weight is 377 g/mol. The lowest BCUT2D eigenvalue weighted by molar-refractivity contribution is -0.123. The summed E-state index contributed by atoms with van der Waals surface area (Å²) in [5.41, 5.74) is 3.28. The fourth-order valence-electron chi connectivity index (χ4n) is 5.12. The summed E-state index contributed by atoms with van der Waals surface area (Å²) in [6.07, 6.45) is 5.28.